The summed E-state index contributed by atoms with van der Waals surface area (Å²) in [5, 5.41) is 14.4. The van der Waals surface area contributed by atoms with Crippen LogP contribution in [0.1, 0.15) is 5.69 Å². The van der Waals surface area contributed by atoms with Crippen LogP contribution in [0.25, 0.3) is 4.96 Å². The monoisotopic (exact) mass is 271 g/mol. The van der Waals surface area contributed by atoms with Crippen molar-refractivity contribution in [3.05, 3.63) is 17.3 Å². The maximum atomic E-state index is 9.19. The van der Waals surface area contributed by atoms with E-state index in [1.54, 1.807) is 25.6 Å². The van der Waals surface area contributed by atoms with E-state index in [4.69, 9.17) is 9.47 Å². The molecule has 0 aliphatic rings. The topological polar surface area (TPSA) is 68.0 Å². The van der Waals surface area contributed by atoms with E-state index in [-0.39, 0.29) is 12.6 Å². The van der Waals surface area contributed by atoms with E-state index in [0.29, 0.717) is 19.0 Å². The predicted molar refractivity (Wildman–Crippen MR) is 69.2 cm³/mol. The van der Waals surface area contributed by atoms with Gasteiger partial charge in [-0.25, -0.2) is 0 Å². The Hall–Kier alpha value is -1.15. The van der Waals surface area contributed by atoms with Crippen LogP contribution in [-0.2, 0) is 11.3 Å². The number of imidazole rings is 1. The number of methoxy groups -OCH3 is 2. The highest BCUT2D eigenvalue weighted by Gasteiger charge is 2.15. The van der Waals surface area contributed by atoms with Crippen molar-refractivity contribution in [1.29, 1.82) is 0 Å². The number of aliphatic hydroxyl groups excluding tert-OH is 1. The first-order valence-electron chi connectivity index (χ1n) is 5.61. The zero-order chi connectivity index (χ0) is 13.0. The van der Waals surface area contributed by atoms with Gasteiger partial charge in [0.25, 0.3) is 0 Å². The van der Waals surface area contributed by atoms with E-state index < -0.39 is 0 Å². The Bertz CT molecular complexity index is 497. The summed E-state index contributed by atoms with van der Waals surface area (Å²) in [7, 11) is 3.22. The van der Waals surface area contributed by atoms with E-state index >= 15 is 0 Å². The Morgan fingerprint density at radius 1 is 1.56 bits per heavy atom. The van der Waals surface area contributed by atoms with E-state index in [2.05, 4.69) is 10.3 Å². The average Bonchev–Trinajstić information content (AvgIpc) is 2.95. The van der Waals surface area contributed by atoms with Crippen molar-refractivity contribution >= 4 is 16.3 Å². The number of aromatic nitrogens is 2. The van der Waals surface area contributed by atoms with Gasteiger partial charge < -0.3 is 19.9 Å². The van der Waals surface area contributed by atoms with Crippen LogP contribution in [-0.4, -0.2) is 48.0 Å². The molecule has 6 nitrogen and oxygen atoms in total. The van der Waals surface area contributed by atoms with Gasteiger partial charge in [0, 0.05) is 25.2 Å². The van der Waals surface area contributed by atoms with E-state index in [9.17, 15) is 5.11 Å². The van der Waals surface area contributed by atoms with Gasteiger partial charge in [0.2, 0.25) is 5.88 Å². The lowest BCUT2D eigenvalue weighted by Crippen LogP contribution is -2.36. The highest BCUT2D eigenvalue weighted by atomic mass is 32.1. The summed E-state index contributed by atoms with van der Waals surface area (Å²) < 4.78 is 12.3. The Balaban J connectivity index is 2.11. The molecule has 0 saturated carbocycles. The van der Waals surface area contributed by atoms with Gasteiger partial charge in [0.1, 0.15) is 5.69 Å². The normalized spacial score (nSPS) is 13.1. The second-order valence-corrected chi connectivity index (χ2v) is 4.71. The first-order chi connectivity index (χ1) is 8.80. The molecule has 2 aromatic rings. The third-order valence-electron chi connectivity index (χ3n) is 2.66. The largest absolute Gasteiger partial charge is 0.480 e. The summed E-state index contributed by atoms with van der Waals surface area (Å²) in [5.41, 5.74) is 0.948. The number of rotatable bonds is 7. The van der Waals surface area contributed by atoms with Gasteiger partial charge in [-0.15, -0.1) is 11.3 Å². The molecule has 2 aromatic heterocycles. The van der Waals surface area contributed by atoms with Crippen LogP contribution >= 0.6 is 11.3 Å². The molecular weight excluding hydrogens is 254 g/mol. The van der Waals surface area contributed by atoms with Gasteiger partial charge in [0.15, 0.2) is 4.96 Å². The molecule has 0 amide bonds. The predicted octanol–water partition coefficient (Wildman–Crippen LogP) is 0.501. The molecule has 0 saturated heterocycles. The third-order valence-corrected chi connectivity index (χ3v) is 3.42. The molecule has 0 spiro atoms. The average molecular weight is 271 g/mol. The molecule has 0 aromatic carbocycles. The smallest absolute Gasteiger partial charge is 0.237 e. The number of nitrogens with zero attached hydrogens (tertiary/aromatic N) is 2. The molecular formula is C11H17N3O3S. The highest BCUT2D eigenvalue weighted by molar-refractivity contribution is 7.15. The molecule has 2 N–H and O–H groups in total. The SMILES string of the molecule is COCC(CO)NCc1c(OC)nc2sccn12. The van der Waals surface area contributed by atoms with Crippen molar-refractivity contribution in [2.24, 2.45) is 0 Å². The number of hydrogen-bond donors (Lipinski definition) is 2. The van der Waals surface area contributed by atoms with Crippen LogP contribution < -0.4 is 10.1 Å². The maximum Gasteiger partial charge on any atom is 0.237 e. The Kier molecular flexibility index (Phi) is 4.54. The minimum Gasteiger partial charge on any atom is -0.480 e. The second-order valence-electron chi connectivity index (χ2n) is 3.84. The molecule has 0 bridgehead atoms. The fourth-order valence-corrected chi connectivity index (χ4v) is 2.48. The number of aliphatic hydroxyl groups is 1. The summed E-state index contributed by atoms with van der Waals surface area (Å²) in [4.78, 5) is 5.27. The van der Waals surface area contributed by atoms with Crippen molar-refractivity contribution in [2.75, 3.05) is 27.4 Å². The molecule has 0 aliphatic carbocycles. The van der Waals surface area contributed by atoms with Crippen molar-refractivity contribution < 1.29 is 14.6 Å². The van der Waals surface area contributed by atoms with Gasteiger partial charge in [-0.3, -0.25) is 4.40 Å². The van der Waals surface area contributed by atoms with Gasteiger partial charge in [-0.05, 0) is 0 Å². The Labute approximate surface area is 109 Å². The molecule has 0 radical (unpaired) electrons. The zero-order valence-corrected chi connectivity index (χ0v) is 11.2. The van der Waals surface area contributed by atoms with E-state index in [1.807, 2.05) is 16.0 Å². The Morgan fingerprint density at radius 3 is 3.06 bits per heavy atom. The summed E-state index contributed by atoms with van der Waals surface area (Å²) in [6.45, 7) is 1.06. The number of hydrogen-bond acceptors (Lipinski definition) is 6. The summed E-state index contributed by atoms with van der Waals surface area (Å²) in [6, 6.07) is -0.0936. The van der Waals surface area contributed by atoms with Gasteiger partial charge in [-0.2, -0.15) is 4.98 Å². The van der Waals surface area contributed by atoms with Crippen molar-refractivity contribution in [2.45, 2.75) is 12.6 Å². The molecule has 2 heterocycles. The van der Waals surface area contributed by atoms with Crippen LogP contribution in [0.2, 0.25) is 0 Å². The molecule has 2 rings (SSSR count). The molecule has 1 atom stereocenters. The number of ether oxygens (including phenoxy) is 2. The maximum absolute atomic E-state index is 9.19. The quantitative estimate of drug-likeness (QED) is 0.767. The van der Waals surface area contributed by atoms with Crippen LogP contribution in [0, 0.1) is 0 Å². The highest BCUT2D eigenvalue weighted by Crippen LogP contribution is 2.22. The van der Waals surface area contributed by atoms with Crippen LogP contribution in [0.15, 0.2) is 11.6 Å². The minimum absolute atomic E-state index is 0.0295. The zero-order valence-electron chi connectivity index (χ0n) is 10.4. The lowest BCUT2D eigenvalue weighted by atomic mass is 10.3. The fourth-order valence-electron chi connectivity index (χ4n) is 1.76. The van der Waals surface area contributed by atoms with Crippen molar-refractivity contribution in [3.63, 3.8) is 0 Å². The summed E-state index contributed by atoms with van der Waals surface area (Å²) >= 11 is 1.56. The molecule has 100 valence electrons. The molecule has 0 fully saturated rings. The van der Waals surface area contributed by atoms with E-state index in [1.165, 1.54) is 0 Å². The summed E-state index contributed by atoms with van der Waals surface area (Å²) in [6.07, 6.45) is 1.96. The van der Waals surface area contributed by atoms with Gasteiger partial charge in [-0.1, -0.05) is 0 Å². The molecule has 7 heteroatoms. The van der Waals surface area contributed by atoms with Crippen LogP contribution in [0.5, 0.6) is 5.88 Å². The van der Waals surface area contributed by atoms with Gasteiger partial charge >= 0.3 is 0 Å². The number of thiazole rings is 1. The van der Waals surface area contributed by atoms with Crippen LogP contribution in [0.3, 0.4) is 0 Å². The molecule has 1 unspecified atom stereocenters. The lowest BCUT2D eigenvalue weighted by molar-refractivity contribution is 0.127. The summed E-state index contributed by atoms with van der Waals surface area (Å²) in [5.74, 6) is 0.614. The third kappa shape index (κ3) is 2.64. The van der Waals surface area contributed by atoms with Crippen molar-refractivity contribution in [3.8, 4) is 5.88 Å². The first-order valence-corrected chi connectivity index (χ1v) is 6.49. The first kappa shape index (κ1) is 13.3. The van der Waals surface area contributed by atoms with E-state index in [0.717, 1.165) is 10.7 Å². The minimum atomic E-state index is -0.0936. The fraction of sp³-hybridized carbons (Fsp3) is 0.545. The Morgan fingerprint density at radius 2 is 2.39 bits per heavy atom. The second kappa shape index (κ2) is 6.14. The van der Waals surface area contributed by atoms with Crippen molar-refractivity contribution in [1.82, 2.24) is 14.7 Å². The number of fused-ring (bicyclic) bond motifs is 1. The van der Waals surface area contributed by atoms with Crippen LogP contribution in [0.4, 0.5) is 0 Å². The number of nitrogens with one attached hydrogen (secondary N) is 1. The van der Waals surface area contributed by atoms with Gasteiger partial charge in [0.05, 0.1) is 26.4 Å². The standard InChI is InChI=1S/C11H17N3O3S/c1-16-7-8(6-15)12-5-9-10(17-2)13-11-14(9)3-4-18-11/h3-4,8,12,15H,5-7H2,1-2H3. The molecule has 18 heavy (non-hydrogen) atoms. The molecule has 0 aliphatic heterocycles. The lowest BCUT2D eigenvalue weighted by Gasteiger charge is -2.15.